The minimum absolute atomic E-state index is 0.236. The van der Waals surface area contributed by atoms with Crippen LogP contribution in [0, 0.1) is 6.92 Å². The molecular formula is C10H10N4O2S2. The molecule has 2 rings (SSSR count). The maximum absolute atomic E-state index is 11.3. The summed E-state index contributed by atoms with van der Waals surface area (Å²) < 4.78 is 11.3. The van der Waals surface area contributed by atoms with E-state index in [1.54, 1.807) is 13.0 Å². The summed E-state index contributed by atoms with van der Waals surface area (Å²) in [6.07, 6.45) is 3.04. The Morgan fingerprint density at radius 1 is 1.44 bits per heavy atom. The van der Waals surface area contributed by atoms with Crippen molar-refractivity contribution in [1.82, 2.24) is 15.0 Å². The first-order valence-corrected chi connectivity index (χ1v) is 7.30. The van der Waals surface area contributed by atoms with E-state index >= 15 is 0 Å². The predicted octanol–water partition coefficient (Wildman–Crippen LogP) is 0.745. The fraction of sp³-hybridized carbons (Fsp3) is 0.200. The van der Waals surface area contributed by atoms with Crippen molar-refractivity contribution in [3.05, 3.63) is 23.0 Å². The summed E-state index contributed by atoms with van der Waals surface area (Å²) in [5, 5.41) is 0.487. The number of nitrogens with zero attached hydrogens (tertiary/aromatic N) is 3. The molecule has 2 aromatic rings. The molecule has 0 saturated carbocycles. The highest BCUT2D eigenvalue weighted by Crippen LogP contribution is 2.28. The number of nitrogens with two attached hydrogens (primary N) is 1. The fourth-order valence-electron chi connectivity index (χ4n) is 1.35. The second-order valence-corrected chi connectivity index (χ2v) is 5.75. The van der Waals surface area contributed by atoms with Gasteiger partial charge in [0.1, 0.15) is 0 Å². The standard InChI is InChI=1S/C10H10N4O2S2/c1-5-7(17-9(13-5)8(11)15)6-3-4-12-10(14-6)18(2)16/h3-4H,1-2H3,(H2,11,15). The van der Waals surface area contributed by atoms with E-state index in [4.69, 9.17) is 5.73 Å². The number of hydrogen-bond acceptors (Lipinski definition) is 6. The molecule has 0 saturated heterocycles. The highest BCUT2D eigenvalue weighted by molar-refractivity contribution is 7.84. The number of carbonyl (C=O) groups excluding carboxylic acids is 1. The Morgan fingerprint density at radius 2 is 2.17 bits per heavy atom. The average Bonchev–Trinajstić information content (AvgIpc) is 2.72. The van der Waals surface area contributed by atoms with Crippen LogP contribution in [0.5, 0.6) is 0 Å². The Bertz CT molecular complexity index is 639. The first kappa shape index (κ1) is 12.8. The third kappa shape index (κ3) is 2.44. The van der Waals surface area contributed by atoms with Gasteiger partial charge in [0.2, 0.25) is 5.16 Å². The molecule has 1 unspecified atom stereocenters. The topological polar surface area (TPSA) is 98.8 Å². The molecule has 2 heterocycles. The Kier molecular flexibility index (Phi) is 3.48. The van der Waals surface area contributed by atoms with Gasteiger partial charge in [0.25, 0.3) is 5.91 Å². The van der Waals surface area contributed by atoms with Crippen molar-refractivity contribution >= 4 is 28.0 Å². The van der Waals surface area contributed by atoms with E-state index in [1.165, 1.54) is 23.8 Å². The van der Waals surface area contributed by atoms with Gasteiger partial charge in [-0.2, -0.15) is 0 Å². The van der Waals surface area contributed by atoms with Gasteiger partial charge < -0.3 is 5.73 Å². The number of aromatic nitrogens is 3. The van der Waals surface area contributed by atoms with Crippen LogP contribution in [0.3, 0.4) is 0 Å². The van der Waals surface area contributed by atoms with Gasteiger partial charge >= 0.3 is 0 Å². The van der Waals surface area contributed by atoms with Crippen molar-refractivity contribution < 1.29 is 9.00 Å². The third-order valence-corrected chi connectivity index (χ3v) is 4.04. The summed E-state index contributed by atoms with van der Waals surface area (Å²) in [6, 6.07) is 1.68. The van der Waals surface area contributed by atoms with Gasteiger partial charge in [0.05, 0.1) is 27.1 Å². The molecule has 18 heavy (non-hydrogen) atoms. The molecule has 0 spiro atoms. The van der Waals surface area contributed by atoms with Gasteiger partial charge in [-0.1, -0.05) is 0 Å². The quantitative estimate of drug-likeness (QED) is 0.837. The van der Waals surface area contributed by atoms with Crippen LogP contribution in [0.15, 0.2) is 17.4 Å². The Balaban J connectivity index is 2.51. The maximum atomic E-state index is 11.3. The molecule has 2 N–H and O–H groups in total. The van der Waals surface area contributed by atoms with Gasteiger partial charge in [-0.3, -0.25) is 9.00 Å². The molecule has 0 aliphatic heterocycles. The summed E-state index contributed by atoms with van der Waals surface area (Å²) in [5.74, 6) is -0.567. The number of hydrogen-bond donors (Lipinski definition) is 1. The third-order valence-electron chi connectivity index (χ3n) is 2.13. The van der Waals surface area contributed by atoms with E-state index in [2.05, 4.69) is 15.0 Å². The number of primary amides is 1. The number of amides is 1. The molecule has 2 aromatic heterocycles. The van der Waals surface area contributed by atoms with Crippen LogP contribution in [-0.4, -0.2) is 31.3 Å². The summed E-state index contributed by atoms with van der Waals surface area (Å²) in [7, 11) is -1.25. The van der Waals surface area contributed by atoms with Gasteiger partial charge in [0, 0.05) is 12.5 Å². The first-order chi connectivity index (χ1) is 8.49. The molecule has 94 valence electrons. The van der Waals surface area contributed by atoms with Gasteiger partial charge in [0.15, 0.2) is 5.01 Å². The first-order valence-electron chi connectivity index (χ1n) is 4.93. The molecule has 0 aliphatic carbocycles. The van der Waals surface area contributed by atoms with E-state index in [-0.39, 0.29) is 10.2 Å². The molecule has 0 radical (unpaired) electrons. The Labute approximate surface area is 110 Å². The van der Waals surface area contributed by atoms with E-state index in [0.29, 0.717) is 11.4 Å². The molecule has 0 aliphatic rings. The Hall–Kier alpha value is -1.67. The smallest absolute Gasteiger partial charge is 0.277 e. The van der Waals surface area contributed by atoms with Crippen LogP contribution >= 0.6 is 11.3 Å². The lowest BCUT2D eigenvalue weighted by atomic mass is 10.3. The highest BCUT2D eigenvalue weighted by atomic mass is 32.2. The molecule has 6 nitrogen and oxygen atoms in total. The molecule has 1 atom stereocenters. The molecule has 0 bridgehead atoms. The maximum Gasteiger partial charge on any atom is 0.277 e. The lowest BCUT2D eigenvalue weighted by Crippen LogP contribution is -2.10. The zero-order valence-corrected chi connectivity index (χ0v) is 11.3. The summed E-state index contributed by atoms with van der Waals surface area (Å²) in [4.78, 5) is 24.0. The summed E-state index contributed by atoms with van der Waals surface area (Å²) in [5.41, 5.74) is 6.44. The number of carbonyl (C=O) groups is 1. The fourth-order valence-corrected chi connectivity index (χ4v) is 2.67. The van der Waals surface area contributed by atoms with Crippen molar-refractivity contribution in [2.24, 2.45) is 5.73 Å². The van der Waals surface area contributed by atoms with Gasteiger partial charge in [-0.15, -0.1) is 11.3 Å². The van der Waals surface area contributed by atoms with Crippen molar-refractivity contribution in [3.63, 3.8) is 0 Å². The number of thiazole rings is 1. The van der Waals surface area contributed by atoms with Gasteiger partial charge in [-0.25, -0.2) is 15.0 Å². The summed E-state index contributed by atoms with van der Waals surface area (Å²) in [6.45, 7) is 1.77. The van der Waals surface area contributed by atoms with Crippen LogP contribution in [0.1, 0.15) is 15.5 Å². The van der Waals surface area contributed by atoms with E-state index < -0.39 is 16.7 Å². The van der Waals surface area contributed by atoms with Crippen molar-refractivity contribution in [2.75, 3.05) is 6.26 Å². The van der Waals surface area contributed by atoms with E-state index in [0.717, 1.165) is 4.88 Å². The second-order valence-electron chi connectivity index (χ2n) is 3.48. The van der Waals surface area contributed by atoms with E-state index in [9.17, 15) is 9.00 Å². The predicted molar refractivity (Wildman–Crippen MR) is 68.7 cm³/mol. The van der Waals surface area contributed by atoms with Crippen LogP contribution in [0.2, 0.25) is 0 Å². The molecule has 1 amide bonds. The number of aryl methyl sites for hydroxylation is 1. The van der Waals surface area contributed by atoms with Crippen LogP contribution in [-0.2, 0) is 10.8 Å². The molecule has 0 aromatic carbocycles. The lowest BCUT2D eigenvalue weighted by Gasteiger charge is -1.99. The van der Waals surface area contributed by atoms with Crippen molar-refractivity contribution in [3.8, 4) is 10.6 Å². The van der Waals surface area contributed by atoms with Crippen LogP contribution < -0.4 is 5.73 Å². The molecule has 0 fully saturated rings. The van der Waals surface area contributed by atoms with Crippen molar-refractivity contribution in [2.45, 2.75) is 12.1 Å². The monoisotopic (exact) mass is 282 g/mol. The minimum Gasteiger partial charge on any atom is -0.364 e. The molecular weight excluding hydrogens is 272 g/mol. The second kappa shape index (κ2) is 4.91. The molecule has 8 heteroatoms. The zero-order valence-electron chi connectivity index (χ0n) is 9.71. The Morgan fingerprint density at radius 3 is 2.72 bits per heavy atom. The lowest BCUT2D eigenvalue weighted by molar-refractivity contribution is 0.1000. The van der Waals surface area contributed by atoms with Gasteiger partial charge in [-0.05, 0) is 13.0 Å². The zero-order chi connectivity index (χ0) is 13.3. The number of rotatable bonds is 3. The normalized spacial score (nSPS) is 12.3. The highest BCUT2D eigenvalue weighted by Gasteiger charge is 2.15. The largest absolute Gasteiger partial charge is 0.364 e. The average molecular weight is 282 g/mol. The van der Waals surface area contributed by atoms with E-state index in [1.807, 2.05) is 0 Å². The minimum atomic E-state index is -1.25. The van der Waals surface area contributed by atoms with Crippen LogP contribution in [0.25, 0.3) is 10.6 Å². The SMILES string of the molecule is Cc1nc(C(N)=O)sc1-c1ccnc(S(C)=O)n1. The summed E-state index contributed by atoms with van der Waals surface area (Å²) >= 11 is 1.17. The van der Waals surface area contributed by atoms with Crippen molar-refractivity contribution in [1.29, 1.82) is 0 Å². The van der Waals surface area contributed by atoms with Crippen LogP contribution in [0.4, 0.5) is 0 Å².